The first-order valence-electron chi connectivity index (χ1n) is 3.97. The summed E-state index contributed by atoms with van der Waals surface area (Å²) in [6.45, 7) is 0. The molecule has 1 aromatic carbocycles. The summed E-state index contributed by atoms with van der Waals surface area (Å²) in [4.78, 5) is 0.0172. The quantitative estimate of drug-likeness (QED) is 0.742. The fourth-order valence-corrected chi connectivity index (χ4v) is 2.81. The highest BCUT2D eigenvalue weighted by atomic mass is 35.7. The average Bonchev–Trinajstić information content (AvgIpc) is 2.41. The van der Waals surface area contributed by atoms with E-state index < -0.39 is 9.05 Å². The summed E-state index contributed by atoms with van der Waals surface area (Å²) in [5, 5.41) is 4.75. The highest BCUT2D eigenvalue weighted by molar-refractivity contribution is 8.14. The van der Waals surface area contributed by atoms with Crippen LogP contribution in [0.5, 0.6) is 0 Å². The third-order valence-corrected chi connectivity index (χ3v) is 3.68. The van der Waals surface area contributed by atoms with Crippen LogP contribution in [0.3, 0.4) is 0 Å². The smallest absolute Gasteiger partial charge is 0.263 e. The van der Waals surface area contributed by atoms with Crippen molar-refractivity contribution in [3.05, 3.63) is 23.4 Å². The maximum Gasteiger partial charge on any atom is 0.263 e. The summed E-state index contributed by atoms with van der Waals surface area (Å²) >= 11 is 5.83. The normalized spacial score (nSPS) is 12.2. The van der Waals surface area contributed by atoms with Crippen LogP contribution in [0.4, 0.5) is 0 Å². The first-order valence-corrected chi connectivity index (χ1v) is 6.66. The molecule has 0 N–H and O–H groups in total. The van der Waals surface area contributed by atoms with Gasteiger partial charge in [0.2, 0.25) is 0 Å². The number of aromatic nitrogens is 2. The summed E-state index contributed by atoms with van der Waals surface area (Å²) < 4.78 is 24.0. The van der Waals surface area contributed by atoms with Crippen molar-refractivity contribution < 1.29 is 8.42 Å². The molecule has 0 saturated heterocycles. The number of benzene rings is 1. The molecule has 2 aromatic rings. The van der Waals surface area contributed by atoms with Crippen LogP contribution in [0, 0.1) is 0 Å². The van der Waals surface area contributed by atoms with Crippen molar-refractivity contribution in [3.8, 4) is 0 Å². The summed E-state index contributed by atoms with van der Waals surface area (Å²) in [6.07, 6.45) is 0. The number of fused-ring (bicyclic) bond motifs is 1. The molecule has 15 heavy (non-hydrogen) atoms. The SMILES string of the molecule is Cn1nc(Cl)c2cccc(S(=O)(=O)Cl)c21. The van der Waals surface area contributed by atoms with Gasteiger partial charge in [0, 0.05) is 23.1 Å². The van der Waals surface area contributed by atoms with E-state index >= 15 is 0 Å². The van der Waals surface area contributed by atoms with Crippen molar-refractivity contribution in [3.63, 3.8) is 0 Å². The fourth-order valence-electron chi connectivity index (χ4n) is 1.45. The van der Waals surface area contributed by atoms with E-state index in [0.717, 1.165) is 0 Å². The second-order valence-electron chi connectivity index (χ2n) is 3.00. The van der Waals surface area contributed by atoms with Gasteiger partial charge in [0.1, 0.15) is 4.90 Å². The van der Waals surface area contributed by atoms with Crippen molar-refractivity contribution in [2.24, 2.45) is 7.05 Å². The van der Waals surface area contributed by atoms with Crippen LogP contribution in [0.25, 0.3) is 10.9 Å². The van der Waals surface area contributed by atoms with Crippen LogP contribution in [0.2, 0.25) is 5.15 Å². The Morgan fingerprint density at radius 3 is 2.67 bits per heavy atom. The number of hydrogen-bond donors (Lipinski definition) is 0. The molecule has 0 atom stereocenters. The van der Waals surface area contributed by atoms with Crippen molar-refractivity contribution in [2.75, 3.05) is 0 Å². The molecular formula is C8H6Cl2N2O2S. The van der Waals surface area contributed by atoms with Gasteiger partial charge in [0.25, 0.3) is 9.05 Å². The Labute approximate surface area is 95.8 Å². The highest BCUT2D eigenvalue weighted by Gasteiger charge is 2.18. The van der Waals surface area contributed by atoms with E-state index in [1.807, 2.05) is 0 Å². The molecular weight excluding hydrogens is 259 g/mol. The zero-order chi connectivity index (χ0) is 11.2. The first-order chi connectivity index (χ1) is 6.91. The third-order valence-electron chi connectivity index (χ3n) is 2.05. The molecule has 0 spiro atoms. The van der Waals surface area contributed by atoms with Gasteiger partial charge in [-0.05, 0) is 12.1 Å². The molecule has 2 rings (SSSR count). The third kappa shape index (κ3) is 1.71. The minimum Gasteiger partial charge on any atom is -0.265 e. The number of para-hydroxylation sites is 1. The number of aryl methyl sites for hydroxylation is 1. The van der Waals surface area contributed by atoms with E-state index in [-0.39, 0.29) is 10.0 Å². The predicted octanol–water partition coefficient (Wildman–Crippen LogP) is 2.15. The number of hydrogen-bond acceptors (Lipinski definition) is 3. The van der Waals surface area contributed by atoms with Crippen LogP contribution in [-0.4, -0.2) is 18.2 Å². The van der Waals surface area contributed by atoms with Gasteiger partial charge in [-0.15, -0.1) is 0 Å². The Balaban J connectivity index is 3.00. The van der Waals surface area contributed by atoms with E-state index in [1.54, 1.807) is 19.2 Å². The van der Waals surface area contributed by atoms with Crippen molar-refractivity contribution in [1.29, 1.82) is 0 Å². The van der Waals surface area contributed by atoms with Gasteiger partial charge in [0.15, 0.2) is 5.15 Å². The summed E-state index contributed by atoms with van der Waals surface area (Å²) in [6, 6.07) is 4.68. The van der Waals surface area contributed by atoms with E-state index in [0.29, 0.717) is 10.9 Å². The molecule has 1 heterocycles. The van der Waals surface area contributed by atoms with Crippen LogP contribution in [-0.2, 0) is 16.1 Å². The van der Waals surface area contributed by atoms with Gasteiger partial charge in [-0.2, -0.15) is 5.10 Å². The molecule has 0 aliphatic rings. The molecule has 4 nitrogen and oxygen atoms in total. The molecule has 0 amide bonds. The lowest BCUT2D eigenvalue weighted by molar-refractivity contribution is 0.609. The summed E-state index contributed by atoms with van der Waals surface area (Å²) in [5.74, 6) is 0. The zero-order valence-corrected chi connectivity index (χ0v) is 9.94. The van der Waals surface area contributed by atoms with Crippen molar-refractivity contribution >= 4 is 42.2 Å². The van der Waals surface area contributed by atoms with Crippen LogP contribution in [0.15, 0.2) is 23.1 Å². The van der Waals surface area contributed by atoms with Crippen LogP contribution < -0.4 is 0 Å². The Kier molecular flexibility index (Phi) is 2.41. The van der Waals surface area contributed by atoms with E-state index in [4.69, 9.17) is 22.3 Å². The predicted molar refractivity (Wildman–Crippen MR) is 58.8 cm³/mol. The minimum atomic E-state index is -3.79. The average molecular weight is 265 g/mol. The second kappa shape index (κ2) is 3.37. The molecule has 0 unspecified atom stereocenters. The Hall–Kier alpha value is -0.780. The highest BCUT2D eigenvalue weighted by Crippen LogP contribution is 2.29. The van der Waals surface area contributed by atoms with Gasteiger partial charge in [-0.3, -0.25) is 4.68 Å². The molecule has 1 aromatic heterocycles. The lowest BCUT2D eigenvalue weighted by atomic mass is 10.2. The molecule has 80 valence electrons. The molecule has 0 aliphatic heterocycles. The maximum atomic E-state index is 11.3. The molecule has 7 heteroatoms. The summed E-state index contributed by atoms with van der Waals surface area (Å²) in [7, 11) is 3.13. The van der Waals surface area contributed by atoms with Gasteiger partial charge >= 0.3 is 0 Å². The fraction of sp³-hybridized carbons (Fsp3) is 0.125. The zero-order valence-electron chi connectivity index (χ0n) is 7.61. The Morgan fingerprint density at radius 1 is 1.40 bits per heavy atom. The molecule has 0 fully saturated rings. The van der Waals surface area contributed by atoms with E-state index in [2.05, 4.69) is 5.10 Å². The van der Waals surface area contributed by atoms with Crippen molar-refractivity contribution in [2.45, 2.75) is 4.90 Å². The van der Waals surface area contributed by atoms with Gasteiger partial charge < -0.3 is 0 Å². The monoisotopic (exact) mass is 264 g/mol. The Bertz CT molecular complexity index is 633. The largest absolute Gasteiger partial charge is 0.265 e. The minimum absolute atomic E-state index is 0.0172. The summed E-state index contributed by atoms with van der Waals surface area (Å²) in [5.41, 5.74) is 0.414. The number of halogens is 2. The molecule has 0 aliphatic carbocycles. The lowest BCUT2D eigenvalue weighted by Gasteiger charge is -2.00. The number of rotatable bonds is 1. The van der Waals surface area contributed by atoms with Gasteiger partial charge in [-0.25, -0.2) is 8.42 Å². The van der Waals surface area contributed by atoms with Crippen molar-refractivity contribution in [1.82, 2.24) is 9.78 Å². The van der Waals surface area contributed by atoms with Crippen LogP contribution in [0.1, 0.15) is 0 Å². The lowest BCUT2D eigenvalue weighted by Crippen LogP contribution is -1.97. The maximum absolute atomic E-state index is 11.3. The second-order valence-corrected chi connectivity index (χ2v) is 5.90. The molecule has 0 radical (unpaired) electrons. The first kappa shape index (κ1) is 10.7. The van der Waals surface area contributed by atoms with E-state index in [9.17, 15) is 8.42 Å². The van der Waals surface area contributed by atoms with Gasteiger partial charge in [0.05, 0.1) is 5.52 Å². The standard InChI is InChI=1S/C8H6Cl2N2O2S/c1-12-7-5(8(9)11-12)3-2-4-6(7)15(10,13)14/h2-4H,1H3. The molecule has 0 bridgehead atoms. The van der Waals surface area contributed by atoms with Gasteiger partial charge in [-0.1, -0.05) is 17.7 Å². The Morgan fingerprint density at radius 2 is 2.07 bits per heavy atom. The topological polar surface area (TPSA) is 52.0 Å². The number of nitrogens with zero attached hydrogens (tertiary/aromatic N) is 2. The van der Waals surface area contributed by atoms with Crippen LogP contribution >= 0.6 is 22.3 Å². The molecule has 0 saturated carbocycles. The van der Waals surface area contributed by atoms with E-state index in [1.165, 1.54) is 10.7 Å².